The number of aromatic nitrogens is 1. The third-order valence-electron chi connectivity index (χ3n) is 3.20. The summed E-state index contributed by atoms with van der Waals surface area (Å²) in [5.74, 6) is 0.873. The van der Waals surface area contributed by atoms with Crippen molar-refractivity contribution in [1.82, 2.24) is 10.3 Å². The highest BCUT2D eigenvalue weighted by Crippen LogP contribution is 2.24. The molecule has 0 radical (unpaired) electrons. The second-order valence-electron chi connectivity index (χ2n) is 4.94. The first-order valence-electron chi connectivity index (χ1n) is 6.57. The molecule has 1 aliphatic rings. The molecule has 1 N–H and O–H groups in total. The summed E-state index contributed by atoms with van der Waals surface area (Å²) in [6.07, 6.45) is 4.59. The number of para-hydroxylation sites is 1. The fraction of sp³-hybridized carbons (Fsp3) is 0.400. The van der Waals surface area contributed by atoms with Crippen LogP contribution in [0.4, 0.5) is 0 Å². The maximum absolute atomic E-state index is 5.98. The lowest BCUT2D eigenvalue weighted by Crippen LogP contribution is -2.30. The Hall–Kier alpha value is -1.61. The van der Waals surface area contributed by atoms with E-state index in [9.17, 15) is 0 Å². The fourth-order valence-corrected chi connectivity index (χ4v) is 2.05. The van der Waals surface area contributed by atoms with Gasteiger partial charge in [-0.05, 0) is 31.9 Å². The molecule has 3 heteroatoms. The van der Waals surface area contributed by atoms with Crippen molar-refractivity contribution < 1.29 is 4.74 Å². The van der Waals surface area contributed by atoms with E-state index in [1.54, 1.807) is 0 Å². The second kappa shape index (κ2) is 4.94. The number of rotatable bonds is 5. The first-order valence-corrected chi connectivity index (χ1v) is 6.57. The summed E-state index contributed by atoms with van der Waals surface area (Å²) in [6, 6.07) is 10.8. The Kier molecular flexibility index (Phi) is 3.15. The highest BCUT2D eigenvalue weighted by Gasteiger charge is 2.21. The smallest absolute Gasteiger partial charge is 0.145 e. The zero-order valence-electron chi connectivity index (χ0n) is 10.6. The molecule has 3 rings (SSSR count). The van der Waals surface area contributed by atoms with Crippen LogP contribution < -0.4 is 10.1 Å². The number of nitrogens with zero attached hydrogens (tertiary/aromatic N) is 1. The SMILES string of the molecule is CC(CNC1CC1)Oc1cccc2cccnc12. The van der Waals surface area contributed by atoms with Crippen molar-refractivity contribution >= 4 is 10.9 Å². The first-order chi connectivity index (χ1) is 8.83. The van der Waals surface area contributed by atoms with Gasteiger partial charge in [0.25, 0.3) is 0 Å². The molecule has 0 saturated heterocycles. The number of hydrogen-bond acceptors (Lipinski definition) is 3. The van der Waals surface area contributed by atoms with Gasteiger partial charge in [0.2, 0.25) is 0 Å². The lowest BCUT2D eigenvalue weighted by atomic mass is 10.2. The van der Waals surface area contributed by atoms with Crippen molar-refractivity contribution in [3.63, 3.8) is 0 Å². The highest BCUT2D eigenvalue weighted by molar-refractivity contribution is 5.84. The van der Waals surface area contributed by atoms with E-state index < -0.39 is 0 Å². The molecule has 0 aliphatic heterocycles. The van der Waals surface area contributed by atoms with Crippen LogP contribution in [-0.2, 0) is 0 Å². The zero-order chi connectivity index (χ0) is 12.4. The Morgan fingerprint density at radius 1 is 1.33 bits per heavy atom. The standard InChI is InChI=1S/C15H18N2O/c1-11(10-17-13-7-8-13)18-14-6-2-4-12-5-3-9-16-15(12)14/h2-6,9,11,13,17H,7-8,10H2,1H3. The van der Waals surface area contributed by atoms with Crippen LogP contribution in [0.2, 0.25) is 0 Å². The normalized spacial score (nSPS) is 16.7. The molecule has 1 fully saturated rings. The molecular weight excluding hydrogens is 224 g/mol. The van der Waals surface area contributed by atoms with E-state index in [0.29, 0.717) is 0 Å². The first kappa shape index (κ1) is 11.5. The minimum atomic E-state index is 0.165. The molecule has 1 unspecified atom stereocenters. The monoisotopic (exact) mass is 242 g/mol. The third kappa shape index (κ3) is 2.62. The Bertz CT molecular complexity index is 532. The predicted molar refractivity (Wildman–Crippen MR) is 72.9 cm³/mol. The number of ether oxygens (including phenoxy) is 1. The maximum atomic E-state index is 5.98. The molecule has 0 bridgehead atoms. The average Bonchev–Trinajstić information content (AvgIpc) is 3.21. The molecule has 1 atom stereocenters. The van der Waals surface area contributed by atoms with Gasteiger partial charge < -0.3 is 10.1 Å². The highest BCUT2D eigenvalue weighted by atomic mass is 16.5. The minimum Gasteiger partial charge on any atom is -0.487 e. The molecule has 1 aromatic carbocycles. The van der Waals surface area contributed by atoms with Crippen molar-refractivity contribution in [3.05, 3.63) is 36.5 Å². The summed E-state index contributed by atoms with van der Waals surface area (Å²) in [5, 5.41) is 4.60. The van der Waals surface area contributed by atoms with E-state index in [2.05, 4.69) is 29.4 Å². The average molecular weight is 242 g/mol. The minimum absolute atomic E-state index is 0.165. The largest absolute Gasteiger partial charge is 0.487 e. The lowest BCUT2D eigenvalue weighted by Gasteiger charge is -2.16. The quantitative estimate of drug-likeness (QED) is 0.875. The van der Waals surface area contributed by atoms with Crippen molar-refractivity contribution in [1.29, 1.82) is 0 Å². The number of nitrogens with one attached hydrogen (secondary N) is 1. The predicted octanol–water partition coefficient (Wildman–Crippen LogP) is 2.75. The van der Waals surface area contributed by atoms with E-state index >= 15 is 0 Å². The zero-order valence-corrected chi connectivity index (χ0v) is 10.6. The van der Waals surface area contributed by atoms with Crippen LogP contribution in [0, 0.1) is 0 Å². The number of pyridine rings is 1. The Balaban J connectivity index is 1.72. The molecule has 1 aliphatic carbocycles. The topological polar surface area (TPSA) is 34.1 Å². The van der Waals surface area contributed by atoms with Crippen molar-refractivity contribution in [2.24, 2.45) is 0 Å². The second-order valence-corrected chi connectivity index (χ2v) is 4.94. The summed E-state index contributed by atoms with van der Waals surface area (Å²) in [4.78, 5) is 4.40. The van der Waals surface area contributed by atoms with Crippen LogP contribution in [0.15, 0.2) is 36.5 Å². The van der Waals surface area contributed by atoms with Gasteiger partial charge in [-0.2, -0.15) is 0 Å². The number of hydrogen-bond donors (Lipinski definition) is 1. The van der Waals surface area contributed by atoms with Crippen LogP contribution in [0.1, 0.15) is 19.8 Å². The van der Waals surface area contributed by atoms with Gasteiger partial charge in [-0.1, -0.05) is 18.2 Å². The van der Waals surface area contributed by atoms with Gasteiger partial charge in [-0.3, -0.25) is 4.98 Å². The third-order valence-corrected chi connectivity index (χ3v) is 3.20. The maximum Gasteiger partial charge on any atom is 0.145 e. The van der Waals surface area contributed by atoms with Gasteiger partial charge in [0.1, 0.15) is 17.4 Å². The van der Waals surface area contributed by atoms with Gasteiger partial charge in [0.05, 0.1) is 0 Å². The summed E-state index contributed by atoms with van der Waals surface area (Å²) in [5.41, 5.74) is 0.943. The van der Waals surface area contributed by atoms with E-state index in [4.69, 9.17) is 4.74 Å². The summed E-state index contributed by atoms with van der Waals surface area (Å²) in [6.45, 7) is 2.99. The molecule has 94 valence electrons. The molecule has 1 saturated carbocycles. The van der Waals surface area contributed by atoms with Crippen molar-refractivity contribution in [2.45, 2.75) is 31.9 Å². The molecule has 0 spiro atoms. The van der Waals surface area contributed by atoms with Crippen LogP contribution in [0.5, 0.6) is 5.75 Å². The molecule has 2 aromatic rings. The number of benzene rings is 1. The van der Waals surface area contributed by atoms with E-state index in [-0.39, 0.29) is 6.10 Å². The van der Waals surface area contributed by atoms with Gasteiger partial charge in [-0.25, -0.2) is 0 Å². The van der Waals surface area contributed by atoms with E-state index in [1.807, 2.05) is 24.4 Å². The molecule has 0 amide bonds. The fourth-order valence-electron chi connectivity index (χ4n) is 2.05. The molecule has 3 nitrogen and oxygen atoms in total. The Labute approximate surface area is 107 Å². The van der Waals surface area contributed by atoms with Gasteiger partial charge in [-0.15, -0.1) is 0 Å². The molecule has 1 aromatic heterocycles. The number of fused-ring (bicyclic) bond motifs is 1. The molecular formula is C15H18N2O. The summed E-state index contributed by atoms with van der Waals surface area (Å²) < 4.78 is 5.98. The summed E-state index contributed by atoms with van der Waals surface area (Å²) >= 11 is 0. The van der Waals surface area contributed by atoms with Gasteiger partial charge in [0, 0.05) is 24.2 Å². The van der Waals surface area contributed by atoms with E-state index in [1.165, 1.54) is 12.8 Å². The van der Waals surface area contributed by atoms with Crippen LogP contribution in [0.3, 0.4) is 0 Å². The van der Waals surface area contributed by atoms with Gasteiger partial charge >= 0.3 is 0 Å². The van der Waals surface area contributed by atoms with Crippen LogP contribution in [0.25, 0.3) is 10.9 Å². The molecule has 18 heavy (non-hydrogen) atoms. The van der Waals surface area contributed by atoms with Gasteiger partial charge in [0.15, 0.2) is 0 Å². The Morgan fingerprint density at radius 2 is 2.17 bits per heavy atom. The van der Waals surface area contributed by atoms with E-state index in [0.717, 1.165) is 29.2 Å². The van der Waals surface area contributed by atoms with Crippen LogP contribution in [-0.4, -0.2) is 23.7 Å². The summed E-state index contributed by atoms with van der Waals surface area (Å²) in [7, 11) is 0. The van der Waals surface area contributed by atoms with Crippen molar-refractivity contribution in [2.75, 3.05) is 6.54 Å². The van der Waals surface area contributed by atoms with Crippen molar-refractivity contribution in [3.8, 4) is 5.75 Å². The Morgan fingerprint density at radius 3 is 3.00 bits per heavy atom. The van der Waals surface area contributed by atoms with Crippen LogP contribution >= 0.6 is 0 Å². The molecule has 1 heterocycles. The lowest BCUT2D eigenvalue weighted by molar-refractivity contribution is 0.219.